The van der Waals surface area contributed by atoms with E-state index in [1.165, 1.54) is 32.1 Å². The highest BCUT2D eigenvalue weighted by Gasteiger charge is 2.02. The first-order chi connectivity index (χ1) is 10.1. The van der Waals surface area contributed by atoms with E-state index in [9.17, 15) is 4.79 Å². The number of hydrogen-bond acceptors (Lipinski definition) is 3. The van der Waals surface area contributed by atoms with Crippen LogP contribution in [0.3, 0.4) is 0 Å². The summed E-state index contributed by atoms with van der Waals surface area (Å²) >= 11 is 0. The molecule has 0 aliphatic carbocycles. The fourth-order valence-corrected chi connectivity index (χ4v) is 2.05. The summed E-state index contributed by atoms with van der Waals surface area (Å²) < 4.78 is 0. The molecular formula is C17H37N3O. The summed E-state index contributed by atoms with van der Waals surface area (Å²) in [5, 5.41) is 9.62. The van der Waals surface area contributed by atoms with E-state index >= 15 is 0 Å². The average Bonchev–Trinajstić information content (AvgIpc) is 2.46. The molecule has 1 unspecified atom stereocenters. The van der Waals surface area contributed by atoms with Gasteiger partial charge in [0.05, 0.1) is 6.54 Å². The lowest BCUT2D eigenvalue weighted by atomic mass is 10.1. The van der Waals surface area contributed by atoms with Gasteiger partial charge in [-0.15, -0.1) is 0 Å². The number of amides is 1. The van der Waals surface area contributed by atoms with Gasteiger partial charge in [0.15, 0.2) is 0 Å². The Morgan fingerprint density at radius 1 is 0.857 bits per heavy atom. The quantitative estimate of drug-likeness (QED) is 0.432. The molecule has 0 fully saturated rings. The lowest BCUT2D eigenvalue weighted by Gasteiger charge is -2.11. The average molecular weight is 300 g/mol. The van der Waals surface area contributed by atoms with Gasteiger partial charge in [0.2, 0.25) is 5.91 Å². The Kier molecular flexibility index (Phi) is 13.9. The third-order valence-corrected chi connectivity index (χ3v) is 3.70. The highest BCUT2D eigenvalue weighted by atomic mass is 16.1. The predicted molar refractivity (Wildman–Crippen MR) is 91.6 cm³/mol. The molecule has 0 aliphatic heterocycles. The minimum atomic E-state index is 0.120. The van der Waals surface area contributed by atoms with Crippen molar-refractivity contribution in [1.82, 2.24) is 16.0 Å². The summed E-state index contributed by atoms with van der Waals surface area (Å²) in [5.74, 6) is 0.120. The van der Waals surface area contributed by atoms with Crippen LogP contribution in [0.15, 0.2) is 0 Å². The molecule has 21 heavy (non-hydrogen) atoms. The van der Waals surface area contributed by atoms with Crippen LogP contribution in [0.5, 0.6) is 0 Å². The Bertz CT molecular complexity index is 244. The lowest BCUT2D eigenvalue weighted by molar-refractivity contribution is -0.120. The molecule has 0 bridgehead atoms. The minimum Gasteiger partial charge on any atom is -0.355 e. The van der Waals surface area contributed by atoms with E-state index in [-0.39, 0.29) is 5.91 Å². The van der Waals surface area contributed by atoms with Crippen molar-refractivity contribution in [2.45, 2.75) is 84.7 Å². The third kappa shape index (κ3) is 15.6. The van der Waals surface area contributed by atoms with E-state index < -0.39 is 0 Å². The second kappa shape index (κ2) is 14.3. The fourth-order valence-electron chi connectivity index (χ4n) is 2.05. The number of carbonyl (C=O) groups is 1. The first kappa shape index (κ1) is 20.4. The predicted octanol–water partition coefficient (Wildman–Crippen LogP) is 2.83. The van der Waals surface area contributed by atoms with Crippen LogP contribution < -0.4 is 16.0 Å². The minimum absolute atomic E-state index is 0.120. The van der Waals surface area contributed by atoms with Gasteiger partial charge in [-0.05, 0) is 32.7 Å². The number of nitrogens with one attached hydrogen (secondary N) is 3. The largest absolute Gasteiger partial charge is 0.355 e. The molecule has 4 heteroatoms. The van der Waals surface area contributed by atoms with Crippen molar-refractivity contribution in [3.05, 3.63) is 0 Å². The van der Waals surface area contributed by atoms with Gasteiger partial charge in [-0.3, -0.25) is 4.79 Å². The van der Waals surface area contributed by atoms with Crippen molar-refractivity contribution in [2.24, 2.45) is 0 Å². The van der Waals surface area contributed by atoms with Gasteiger partial charge < -0.3 is 16.0 Å². The fraction of sp³-hybridized carbons (Fsp3) is 0.941. The zero-order valence-corrected chi connectivity index (χ0v) is 14.6. The molecule has 1 amide bonds. The first-order valence-electron chi connectivity index (χ1n) is 8.79. The third-order valence-electron chi connectivity index (χ3n) is 3.70. The van der Waals surface area contributed by atoms with Crippen molar-refractivity contribution in [2.75, 3.05) is 19.6 Å². The monoisotopic (exact) mass is 299 g/mol. The molecule has 1 atom stereocenters. The molecule has 4 nitrogen and oxygen atoms in total. The number of hydrogen-bond donors (Lipinski definition) is 3. The summed E-state index contributed by atoms with van der Waals surface area (Å²) in [5.41, 5.74) is 0. The van der Waals surface area contributed by atoms with E-state index in [2.05, 4.69) is 43.6 Å². The summed E-state index contributed by atoms with van der Waals surface area (Å²) in [6.07, 6.45) is 8.54. The first-order valence-corrected chi connectivity index (χ1v) is 8.79. The molecule has 0 heterocycles. The van der Waals surface area contributed by atoms with Crippen LogP contribution in [-0.4, -0.2) is 37.6 Å². The molecule has 0 saturated heterocycles. The van der Waals surface area contributed by atoms with Crippen molar-refractivity contribution >= 4 is 5.91 Å². The maximum Gasteiger partial charge on any atom is 0.233 e. The van der Waals surface area contributed by atoms with Gasteiger partial charge in [0.25, 0.3) is 0 Å². The van der Waals surface area contributed by atoms with E-state index in [0.29, 0.717) is 18.6 Å². The van der Waals surface area contributed by atoms with Crippen molar-refractivity contribution in [3.63, 3.8) is 0 Å². The Hall–Kier alpha value is -0.610. The zero-order chi connectivity index (χ0) is 15.9. The molecule has 0 aromatic rings. The van der Waals surface area contributed by atoms with E-state index in [1.54, 1.807) is 0 Å². The van der Waals surface area contributed by atoms with E-state index in [0.717, 1.165) is 25.9 Å². The van der Waals surface area contributed by atoms with Crippen LogP contribution in [0.25, 0.3) is 0 Å². The SMILES string of the molecule is CCC(C)NCC(=O)NCCCCCCCCNC(C)C. The summed E-state index contributed by atoms with van der Waals surface area (Å²) in [6, 6.07) is 1.02. The van der Waals surface area contributed by atoms with Gasteiger partial charge in [-0.2, -0.15) is 0 Å². The molecule has 0 spiro atoms. The van der Waals surface area contributed by atoms with Gasteiger partial charge in [0.1, 0.15) is 0 Å². The van der Waals surface area contributed by atoms with Crippen molar-refractivity contribution < 1.29 is 4.79 Å². The van der Waals surface area contributed by atoms with Crippen LogP contribution in [0.4, 0.5) is 0 Å². The normalized spacial score (nSPS) is 12.6. The second-order valence-corrected chi connectivity index (χ2v) is 6.27. The van der Waals surface area contributed by atoms with Crippen LogP contribution >= 0.6 is 0 Å². The van der Waals surface area contributed by atoms with Gasteiger partial charge in [0, 0.05) is 18.6 Å². The molecule has 0 rings (SSSR count). The lowest BCUT2D eigenvalue weighted by Crippen LogP contribution is -2.38. The second-order valence-electron chi connectivity index (χ2n) is 6.27. The van der Waals surface area contributed by atoms with E-state index in [1.807, 2.05) is 0 Å². The molecular weight excluding hydrogens is 262 g/mol. The Labute approximate surface area is 131 Å². The molecule has 0 aromatic carbocycles. The van der Waals surface area contributed by atoms with E-state index in [4.69, 9.17) is 0 Å². The highest BCUT2D eigenvalue weighted by Crippen LogP contribution is 2.04. The topological polar surface area (TPSA) is 53.2 Å². The Morgan fingerprint density at radius 2 is 1.43 bits per heavy atom. The standard InChI is InChI=1S/C17H37N3O/c1-5-16(4)20-14-17(21)19-13-11-9-7-6-8-10-12-18-15(2)3/h15-16,18,20H,5-14H2,1-4H3,(H,19,21). The van der Waals surface area contributed by atoms with Crippen LogP contribution in [-0.2, 0) is 4.79 Å². The number of rotatable bonds is 14. The maximum atomic E-state index is 11.5. The Morgan fingerprint density at radius 3 is 2.00 bits per heavy atom. The van der Waals surface area contributed by atoms with Gasteiger partial charge in [-0.25, -0.2) is 0 Å². The summed E-state index contributed by atoms with van der Waals surface area (Å²) in [6.45, 7) is 11.0. The molecule has 0 saturated carbocycles. The van der Waals surface area contributed by atoms with Gasteiger partial charge in [-0.1, -0.05) is 46.5 Å². The molecule has 3 N–H and O–H groups in total. The highest BCUT2D eigenvalue weighted by molar-refractivity contribution is 5.77. The smallest absolute Gasteiger partial charge is 0.233 e. The number of unbranched alkanes of at least 4 members (excludes halogenated alkanes) is 5. The molecule has 0 aliphatic rings. The Balaban J connectivity index is 3.19. The van der Waals surface area contributed by atoms with Crippen molar-refractivity contribution in [3.8, 4) is 0 Å². The number of carbonyl (C=O) groups excluding carboxylic acids is 1. The van der Waals surface area contributed by atoms with Crippen molar-refractivity contribution in [1.29, 1.82) is 0 Å². The van der Waals surface area contributed by atoms with Gasteiger partial charge >= 0.3 is 0 Å². The molecule has 0 radical (unpaired) electrons. The maximum absolute atomic E-state index is 11.5. The van der Waals surface area contributed by atoms with Crippen LogP contribution in [0.1, 0.15) is 72.6 Å². The molecule has 0 aromatic heterocycles. The molecule has 126 valence electrons. The zero-order valence-electron chi connectivity index (χ0n) is 14.6. The summed E-state index contributed by atoms with van der Waals surface area (Å²) in [7, 11) is 0. The summed E-state index contributed by atoms with van der Waals surface area (Å²) in [4.78, 5) is 11.5. The van der Waals surface area contributed by atoms with Crippen LogP contribution in [0.2, 0.25) is 0 Å². The van der Waals surface area contributed by atoms with Crippen LogP contribution in [0, 0.1) is 0 Å².